The summed E-state index contributed by atoms with van der Waals surface area (Å²) in [5, 5.41) is 71.8. The number of hydrogen-bond acceptors (Lipinski definition) is 15. The lowest BCUT2D eigenvalue weighted by Gasteiger charge is -2.49. The minimum absolute atomic E-state index is 0.0657. The summed E-state index contributed by atoms with van der Waals surface area (Å²) in [5.41, 5.74) is -4.68. The highest BCUT2D eigenvalue weighted by molar-refractivity contribution is 5.88. The van der Waals surface area contributed by atoms with E-state index in [-0.39, 0.29) is 37.1 Å². The zero-order chi connectivity index (χ0) is 39.7. The minimum atomic E-state index is -1.97. The van der Waals surface area contributed by atoms with Crippen molar-refractivity contribution in [2.75, 3.05) is 21.2 Å². The van der Waals surface area contributed by atoms with E-state index in [1.807, 2.05) is 25.9 Å². The third-order valence-corrected chi connectivity index (χ3v) is 12.0. The Kier molecular flexibility index (Phi) is 15.1. The van der Waals surface area contributed by atoms with Crippen LogP contribution in [0.1, 0.15) is 94.9 Å². The van der Waals surface area contributed by atoms with E-state index in [2.05, 4.69) is 5.16 Å². The van der Waals surface area contributed by atoms with Gasteiger partial charge in [0.15, 0.2) is 12.6 Å². The van der Waals surface area contributed by atoms with E-state index < -0.39 is 102 Å². The summed E-state index contributed by atoms with van der Waals surface area (Å²) in [6.45, 7) is 16.6. The normalized spacial score (nSPS) is 49.8. The van der Waals surface area contributed by atoms with Gasteiger partial charge in [-0.1, -0.05) is 32.9 Å². The molecule has 3 heterocycles. The maximum Gasteiger partial charge on any atom is 0.311 e. The van der Waals surface area contributed by atoms with Crippen molar-refractivity contribution in [1.82, 2.24) is 4.90 Å². The largest absolute Gasteiger partial charge is 0.459 e. The molecule has 0 amide bonds. The lowest BCUT2D eigenvalue weighted by atomic mass is 9.73. The molecule has 1 unspecified atom stereocenters. The van der Waals surface area contributed by atoms with Crippen LogP contribution in [0.15, 0.2) is 5.16 Å². The second kappa shape index (κ2) is 17.5. The summed E-state index contributed by atoms with van der Waals surface area (Å²) in [5.74, 6) is -4.24. The molecule has 0 saturated carbocycles. The molecule has 0 radical (unpaired) electrons. The Hall–Kier alpha value is -1.50. The summed E-state index contributed by atoms with van der Waals surface area (Å²) in [7, 11) is 5.19. The highest BCUT2D eigenvalue weighted by atomic mass is 16.7. The topological polar surface area (TPSA) is 209 Å². The maximum absolute atomic E-state index is 14.1. The number of esters is 1. The van der Waals surface area contributed by atoms with E-state index in [1.165, 1.54) is 14.0 Å². The Morgan fingerprint density at radius 1 is 0.923 bits per heavy atom. The summed E-state index contributed by atoms with van der Waals surface area (Å²) in [4.78, 5) is 16.0. The van der Waals surface area contributed by atoms with Crippen LogP contribution in [0.2, 0.25) is 0 Å². The second-order valence-electron chi connectivity index (χ2n) is 16.6. The van der Waals surface area contributed by atoms with Crippen LogP contribution in [-0.4, -0.2) is 153 Å². The van der Waals surface area contributed by atoms with E-state index in [0.717, 1.165) is 0 Å². The zero-order valence-corrected chi connectivity index (χ0v) is 33.4. The van der Waals surface area contributed by atoms with Gasteiger partial charge in [0.2, 0.25) is 0 Å². The summed E-state index contributed by atoms with van der Waals surface area (Å²) >= 11 is 0. The zero-order valence-electron chi connectivity index (χ0n) is 33.4. The summed E-state index contributed by atoms with van der Waals surface area (Å²) < 4.78 is 37.2. The number of hydrogen-bond donors (Lipinski definition) is 6. The van der Waals surface area contributed by atoms with Gasteiger partial charge in [0, 0.05) is 37.3 Å². The van der Waals surface area contributed by atoms with Gasteiger partial charge in [-0.2, -0.15) is 0 Å². The Morgan fingerprint density at radius 3 is 2.08 bits per heavy atom. The molecule has 3 aliphatic rings. The van der Waals surface area contributed by atoms with Crippen LogP contribution in [0.3, 0.4) is 0 Å². The number of oxime groups is 1. The van der Waals surface area contributed by atoms with Crippen LogP contribution in [0, 0.1) is 23.7 Å². The molecule has 3 saturated heterocycles. The number of carbonyl (C=O) groups excluding carboxylic acids is 1. The van der Waals surface area contributed by atoms with Crippen molar-refractivity contribution < 1.29 is 64.0 Å². The second-order valence-corrected chi connectivity index (χ2v) is 16.6. The van der Waals surface area contributed by atoms with Gasteiger partial charge in [0.1, 0.15) is 23.9 Å². The number of aliphatic hydroxyl groups is 5. The van der Waals surface area contributed by atoms with Gasteiger partial charge in [-0.05, 0) is 74.9 Å². The standard InChI is InChI=1S/C37H68N2O13/c1-14-25-37(10,45)30(41)20(4)27(38-46)18(2)16-35(8,44)32(52-34-28(40)24(39(11)12)15-19(3)48-34)21(5)29(22(6)33(43)50-25)51-26-17-36(9,47-13)31(42)23(7)49-26/h18-26,28-32,34,40-42,44-46H,14-17H2,1-13H3/b38-27+/t18-,19-,20+,21-,22-,23+,24+,25-,26+,28-,29+,30-,31+,32?,34+,35-,36-,37+/m1/s1. The fraction of sp³-hybridized carbons (Fsp3) is 0.946. The quantitative estimate of drug-likeness (QED) is 0.125. The number of ether oxygens (including phenoxy) is 6. The first-order valence-corrected chi connectivity index (χ1v) is 18.7. The van der Waals surface area contributed by atoms with Crippen LogP contribution >= 0.6 is 0 Å². The van der Waals surface area contributed by atoms with Gasteiger partial charge in [0.05, 0.1) is 53.4 Å². The maximum atomic E-state index is 14.1. The molecule has 0 aromatic heterocycles. The Morgan fingerprint density at radius 2 is 1.54 bits per heavy atom. The average Bonchev–Trinajstić information content (AvgIpc) is 3.06. The fourth-order valence-electron chi connectivity index (χ4n) is 8.61. The SMILES string of the molecule is CC[C@H]1OC(=O)[C@H](C)[C@@H](O[C@H]2C[C@@](C)(OC)[C@@H](O)[C@H](C)O2)[C@@H](C)C(O[C@@H]2O[C@H](C)C[C@H](N(C)C)[C@H]2O)[C@](C)(O)C[C@@H](C)/C(=N\O)[C@H](C)[C@@H](O)[C@@]1(C)O. The van der Waals surface area contributed by atoms with Gasteiger partial charge in [-0.3, -0.25) is 4.79 Å². The number of nitrogens with zero attached hydrogens (tertiary/aromatic N) is 2. The van der Waals surface area contributed by atoms with Gasteiger partial charge in [-0.25, -0.2) is 0 Å². The molecule has 3 aliphatic heterocycles. The van der Waals surface area contributed by atoms with Gasteiger partial charge in [0.25, 0.3) is 0 Å². The van der Waals surface area contributed by atoms with Crippen molar-refractivity contribution in [2.24, 2.45) is 28.8 Å². The van der Waals surface area contributed by atoms with Crippen LogP contribution < -0.4 is 0 Å². The Bertz CT molecular complexity index is 1200. The first-order valence-electron chi connectivity index (χ1n) is 18.7. The highest BCUT2D eigenvalue weighted by Gasteiger charge is 2.53. The van der Waals surface area contributed by atoms with Crippen molar-refractivity contribution in [1.29, 1.82) is 0 Å². The summed E-state index contributed by atoms with van der Waals surface area (Å²) in [6.07, 6.45) is -9.51. The molecule has 3 rings (SSSR count). The molecule has 18 atom stereocenters. The van der Waals surface area contributed by atoms with E-state index in [9.17, 15) is 35.5 Å². The van der Waals surface area contributed by atoms with Gasteiger partial charge in [-0.15, -0.1) is 0 Å². The fourth-order valence-corrected chi connectivity index (χ4v) is 8.61. The number of rotatable bonds is 7. The predicted octanol–water partition coefficient (Wildman–Crippen LogP) is 2.05. The highest BCUT2D eigenvalue weighted by Crippen LogP contribution is 2.41. The lowest BCUT2D eigenvalue weighted by Crippen LogP contribution is -2.61. The molecule has 0 bridgehead atoms. The number of carbonyl (C=O) groups is 1. The lowest BCUT2D eigenvalue weighted by molar-refractivity contribution is -0.317. The van der Waals surface area contributed by atoms with E-state index in [4.69, 9.17) is 28.4 Å². The molecule has 0 aromatic rings. The van der Waals surface area contributed by atoms with E-state index in [1.54, 1.807) is 55.4 Å². The molecular weight excluding hydrogens is 680 g/mol. The minimum Gasteiger partial charge on any atom is -0.459 e. The molecule has 52 heavy (non-hydrogen) atoms. The molecular formula is C37H68N2O13. The van der Waals surface area contributed by atoms with Crippen molar-refractivity contribution in [3.63, 3.8) is 0 Å². The van der Waals surface area contributed by atoms with Crippen LogP contribution in [0.25, 0.3) is 0 Å². The van der Waals surface area contributed by atoms with Crippen molar-refractivity contribution >= 4 is 11.7 Å². The third-order valence-electron chi connectivity index (χ3n) is 12.0. The molecule has 6 N–H and O–H groups in total. The first-order chi connectivity index (χ1) is 24.0. The number of methoxy groups -OCH3 is 1. The molecule has 0 aromatic carbocycles. The summed E-state index contributed by atoms with van der Waals surface area (Å²) in [6, 6.07) is -0.322. The first kappa shape index (κ1) is 44.9. The third kappa shape index (κ3) is 9.47. The molecule has 304 valence electrons. The van der Waals surface area contributed by atoms with Crippen LogP contribution in [0.4, 0.5) is 0 Å². The molecule has 0 spiro atoms. The van der Waals surface area contributed by atoms with E-state index in [0.29, 0.717) is 6.42 Å². The Balaban J connectivity index is 2.21. The predicted molar refractivity (Wildman–Crippen MR) is 190 cm³/mol. The van der Waals surface area contributed by atoms with Crippen LogP contribution in [-0.2, 0) is 33.2 Å². The Labute approximate surface area is 309 Å². The van der Waals surface area contributed by atoms with E-state index >= 15 is 0 Å². The number of cyclic esters (lactones) is 1. The monoisotopic (exact) mass is 748 g/mol. The molecule has 15 heteroatoms. The average molecular weight is 749 g/mol. The van der Waals surface area contributed by atoms with Gasteiger partial charge >= 0.3 is 5.97 Å². The molecule has 3 fully saturated rings. The molecule has 15 nitrogen and oxygen atoms in total. The van der Waals surface area contributed by atoms with Crippen molar-refractivity contribution in [2.45, 2.75) is 179 Å². The van der Waals surface area contributed by atoms with Crippen molar-refractivity contribution in [3.8, 4) is 0 Å². The molecule has 0 aliphatic carbocycles. The smallest absolute Gasteiger partial charge is 0.311 e. The van der Waals surface area contributed by atoms with Gasteiger partial charge < -0.3 is 64.1 Å². The number of likely N-dealkylation sites (N-methyl/N-ethyl adjacent to an activating group) is 1. The number of aliphatic hydroxyl groups excluding tert-OH is 3. The van der Waals surface area contributed by atoms with Crippen LogP contribution in [0.5, 0.6) is 0 Å². The van der Waals surface area contributed by atoms with Crippen molar-refractivity contribution in [3.05, 3.63) is 0 Å².